The summed E-state index contributed by atoms with van der Waals surface area (Å²) in [5.41, 5.74) is 1.35. The molecular weight excluding hydrogens is 348 g/mol. The Morgan fingerprint density at radius 3 is 2.63 bits per heavy atom. The molecule has 7 nitrogen and oxygen atoms in total. The van der Waals surface area contributed by atoms with Crippen molar-refractivity contribution in [2.75, 3.05) is 20.2 Å². The Hall–Kier alpha value is -2.67. The SMILES string of the molecule is COc1ccc(C(=O)CCC(=O)N2C[C@@H](Cc3cc(C)no3)[C@H](O)C2)cc1. The van der Waals surface area contributed by atoms with Gasteiger partial charge in [-0.05, 0) is 31.2 Å². The number of aliphatic hydroxyl groups excluding tert-OH is 1. The Labute approximate surface area is 157 Å². The van der Waals surface area contributed by atoms with E-state index >= 15 is 0 Å². The van der Waals surface area contributed by atoms with Crippen LogP contribution in [0.25, 0.3) is 0 Å². The molecule has 2 aromatic rings. The highest BCUT2D eigenvalue weighted by Crippen LogP contribution is 2.23. The van der Waals surface area contributed by atoms with E-state index < -0.39 is 6.10 Å². The predicted octanol–water partition coefficient (Wildman–Crippen LogP) is 2.02. The number of carbonyl (C=O) groups excluding carboxylic acids is 2. The molecule has 3 rings (SSSR count). The van der Waals surface area contributed by atoms with Crippen molar-refractivity contribution in [3.8, 4) is 5.75 Å². The highest BCUT2D eigenvalue weighted by molar-refractivity contribution is 5.98. The number of ether oxygens (including phenoxy) is 1. The van der Waals surface area contributed by atoms with Gasteiger partial charge in [0, 0.05) is 49.9 Å². The van der Waals surface area contributed by atoms with Crippen LogP contribution in [0.15, 0.2) is 34.9 Å². The largest absolute Gasteiger partial charge is 0.497 e. The van der Waals surface area contributed by atoms with Crippen LogP contribution in [0.4, 0.5) is 0 Å². The number of amides is 1. The number of hydrogen-bond donors (Lipinski definition) is 1. The molecule has 7 heteroatoms. The highest BCUT2D eigenvalue weighted by atomic mass is 16.5. The number of methoxy groups -OCH3 is 1. The summed E-state index contributed by atoms with van der Waals surface area (Å²) in [6.07, 6.45) is 0.211. The molecule has 0 spiro atoms. The van der Waals surface area contributed by atoms with Crippen molar-refractivity contribution < 1.29 is 24.0 Å². The number of aliphatic hydroxyl groups is 1. The van der Waals surface area contributed by atoms with Crippen molar-refractivity contribution in [3.63, 3.8) is 0 Å². The second-order valence-corrected chi connectivity index (χ2v) is 6.92. The summed E-state index contributed by atoms with van der Waals surface area (Å²) >= 11 is 0. The molecule has 144 valence electrons. The summed E-state index contributed by atoms with van der Waals surface area (Å²) < 4.78 is 10.3. The molecule has 1 aliphatic heterocycles. The Balaban J connectivity index is 1.49. The first-order valence-corrected chi connectivity index (χ1v) is 9.01. The quantitative estimate of drug-likeness (QED) is 0.748. The van der Waals surface area contributed by atoms with E-state index in [2.05, 4.69) is 5.16 Å². The van der Waals surface area contributed by atoms with Crippen LogP contribution < -0.4 is 4.74 Å². The summed E-state index contributed by atoms with van der Waals surface area (Å²) in [4.78, 5) is 26.3. The molecule has 0 radical (unpaired) electrons. The second-order valence-electron chi connectivity index (χ2n) is 6.92. The number of hydrogen-bond acceptors (Lipinski definition) is 6. The standard InChI is InChI=1S/C20H24N2O5/c1-13-9-17(27-21-13)10-15-11-22(12-19(15)24)20(25)8-7-18(23)14-3-5-16(26-2)6-4-14/h3-6,9,15,19,24H,7-8,10-12H2,1-2H3/t15-,19-/m1/s1. The summed E-state index contributed by atoms with van der Waals surface area (Å²) in [6, 6.07) is 8.68. The van der Waals surface area contributed by atoms with Crippen LogP contribution in [-0.4, -0.2) is 53.2 Å². The van der Waals surface area contributed by atoms with Crippen LogP contribution in [0, 0.1) is 12.8 Å². The normalized spacial score (nSPS) is 19.3. The van der Waals surface area contributed by atoms with Crippen molar-refractivity contribution in [3.05, 3.63) is 47.3 Å². The van der Waals surface area contributed by atoms with Gasteiger partial charge in [0.1, 0.15) is 11.5 Å². The molecular formula is C20H24N2O5. The average molecular weight is 372 g/mol. The first-order valence-electron chi connectivity index (χ1n) is 9.01. The molecule has 1 aromatic heterocycles. The first kappa shape index (κ1) is 19.1. The fourth-order valence-corrected chi connectivity index (χ4v) is 3.33. The molecule has 2 atom stereocenters. The Kier molecular flexibility index (Phi) is 5.91. The fourth-order valence-electron chi connectivity index (χ4n) is 3.33. The number of ketones is 1. The zero-order chi connectivity index (χ0) is 19.4. The number of carbonyl (C=O) groups is 2. The number of benzene rings is 1. The Morgan fingerprint density at radius 2 is 2.00 bits per heavy atom. The van der Waals surface area contributed by atoms with Gasteiger partial charge in [0.25, 0.3) is 0 Å². The maximum Gasteiger partial charge on any atom is 0.223 e. The summed E-state index contributed by atoms with van der Waals surface area (Å²) in [5.74, 6) is 1.10. The molecule has 1 N–H and O–H groups in total. The van der Waals surface area contributed by atoms with E-state index in [1.807, 2.05) is 13.0 Å². The van der Waals surface area contributed by atoms with Gasteiger partial charge in [-0.3, -0.25) is 9.59 Å². The topological polar surface area (TPSA) is 92.9 Å². The molecule has 27 heavy (non-hydrogen) atoms. The van der Waals surface area contributed by atoms with E-state index in [9.17, 15) is 14.7 Å². The van der Waals surface area contributed by atoms with Gasteiger partial charge in [0.15, 0.2) is 5.78 Å². The second kappa shape index (κ2) is 8.35. The Morgan fingerprint density at radius 1 is 1.26 bits per heavy atom. The zero-order valence-electron chi connectivity index (χ0n) is 15.6. The predicted molar refractivity (Wildman–Crippen MR) is 97.6 cm³/mol. The fraction of sp³-hybridized carbons (Fsp3) is 0.450. The molecule has 0 unspecified atom stereocenters. The van der Waals surface area contributed by atoms with Crippen LogP contribution >= 0.6 is 0 Å². The number of β-amino-alcohol motifs (C(OH)–C–C–N with tert-alkyl or cyclic N) is 1. The number of likely N-dealkylation sites (tertiary alicyclic amines) is 1. The van der Waals surface area contributed by atoms with Crippen LogP contribution in [0.1, 0.15) is 34.7 Å². The summed E-state index contributed by atoms with van der Waals surface area (Å²) in [6.45, 7) is 2.58. The molecule has 1 amide bonds. The van der Waals surface area contributed by atoms with Gasteiger partial charge < -0.3 is 19.3 Å². The van der Waals surface area contributed by atoms with Gasteiger partial charge in [0.05, 0.1) is 18.9 Å². The van der Waals surface area contributed by atoms with Crippen LogP contribution in [0.3, 0.4) is 0 Å². The molecule has 0 aliphatic carbocycles. The third kappa shape index (κ3) is 4.74. The van der Waals surface area contributed by atoms with Gasteiger partial charge in [-0.15, -0.1) is 0 Å². The van der Waals surface area contributed by atoms with Crippen molar-refractivity contribution in [1.29, 1.82) is 0 Å². The van der Waals surface area contributed by atoms with Gasteiger partial charge in [-0.25, -0.2) is 0 Å². The first-order chi connectivity index (χ1) is 13.0. The lowest BCUT2D eigenvalue weighted by molar-refractivity contribution is -0.130. The smallest absolute Gasteiger partial charge is 0.223 e. The Bertz CT molecular complexity index is 799. The number of aryl methyl sites for hydroxylation is 1. The van der Waals surface area contributed by atoms with E-state index in [0.717, 1.165) is 5.69 Å². The third-order valence-corrected chi connectivity index (χ3v) is 4.88. The van der Waals surface area contributed by atoms with E-state index in [4.69, 9.17) is 9.26 Å². The highest BCUT2D eigenvalue weighted by Gasteiger charge is 2.34. The monoisotopic (exact) mass is 372 g/mol. The summed E-state index contributed by atoms with van der Waals surface area (Å²) in [7, 11) is 1.57. The summed E-state index contributed by atoms with van der Waals surface area (Å²) in [5, 5.41) is 14.1. The number of nitrogens with zero attached hydrogens (tertiary/aromatic N) is 2. The minimum atomic E-state index is -0.600. The van der Waals surface area contributed by atoms with E-state index in [1.54, 1.807) is 36.3 Å². The van der Waals surface area contributed by atoms with Crippen LogP contribution in [0.5, 0.6) is 5.75 Å². The molecule has 0 bridgehead atoms. The minimum absolute atomic E-state index is 0.0839. The lowest BCUT2D eigenvalue weighted by Crippen LogP contribution is -2.29. The molecule has 0 saturated carbocycles. The molecule has 2 heterocycles. The van der Waals surface area contributed by atoms with Crippen molar-refractivity contribution >= 4 is 11.7 Å². The van der Waals surface area contributed by atoms with Gasteiger partial charge in [-0.1, -0.05) is 5.16 Å². The lowest BCUT2D eigenvalue weighted by Gasteiger charge is -2.15. The van der Waals surface area contributed by atoms with E-state index in [1.165, 1.54) is 0 Å². The van der Waals surface area contributed by atoms with Crippen molar-refractivity contribution in [2.45, 2.75) is 32.3 Å². The maximum absolute atomic E-state index is 12.4. The lowest BCUT2D eigenvalue weighted by atomic mass is 10.0. The molecule has 1 aromatic carbocycles. The average Bonchev–Trinajstić information content (AvgIpc) is 3.25. The minimum Gasteiger partial charge on any atom is -0.497 e. The number of Topliss-reactive ketones (excluding diaryl/α,β-unsaturated/α-hetero) is 1. The van der Waals surface area contributed by atoms with Crippen LogP contribution in [-0.2, 0) is 11.2 Å². The van der Waals surface area contributed by atoms with Gasteiger partial charge >= 0.3 is 0 Å². The molecule has 1 aliphatic rings. The van der Waals surface area contributed by atoms with E-state index in [0.29, 0.717) is 30.0 Å². The van der Waals surface area contributed by atoms with Crippen molar-refractivity contribution in [2.24, 2.45) is 5.92 Å². The zero-order valence-corrected chi connectivity index (χ0v) is 15.6. The molecule has 1 fully saturated rings. The maximum atomic E-state index is 12.4. The van der Waals surface area contributed by atoms with Crippen molar-refractivity contribution in [1.82, 2.24) is 10.1 Å². The van der Waals surface area contributed by atoms with E-state index in [-0.39, 0.29) is 37.0 Å². The number of rotatable bonds is 7. The molecule has 1 saturated heterocycles. The van der Waals surface area contributed by atoms with Crippen LogP contribution in [0.2, 0.25) is 0 Å². The number of aromatic nitrogens is 1. The van der Waals surface area contributed by atoms with Gasteiger partial charge in [0.2, 0.25) is 5.91 Å². The van der Waals surface area contributed by atoms with Gasteiger partial charge in [-0.2, -0.15) is 0 Å². The third-order valence-electron chi connectivity index (χ3n) is 4.88.